The number of unbranched alkanes of at least 4 members (excludes halogenated alkanes) is 2. The smallest absolute Gasteiger partial charge is 0.0537 e. The summed E-state index contributed by atoms with van der Waals surface area (Å²) in [6.07, 6.45) is 9.57. The van der Waals surface area contributed by atoms with E-state index in [1.807, 2.05) is 13.8 Å². The van der Waals surface area contributed by atoms with Crippen LogP contribution in [0.1, 0.15) is 46.0 Å². The van der Waals surface area contributed by atoms with Gasteiger partial charge in [0, 0.05) is 0 Å². The number of aliphatic hydroxyl groups is 1. The summed E-state index contributed by atoms with van der Waals surface area (Å²) >= 11 is 0. The molecule has 1 atom stereocenters. The molecule has 0 saturated carbocycles. The summed E-state index contributed by atoms with van der Waals surface area (Å²) in [5, 5.41) is 9.20. The van der Waals surface area contributed by atoms with Crippen LogP contribution >= 0.6 is 0 Å². The molecule has 0 aromatic heterocycles. The molecule has 0 amide bonds. The highest BCUT2D eigenvalue weighted by Gasteiger charge is 1.97. The van der Waals surface area contributed by atoms with Gasteiger partial charge in [0.15, 0.2) is 0 Å². The van der Waals surface area contributed by atoms with Crippen molar-refractivity contribution in [3.8, 4) is 0 Å². The molecule has 0 rings (SSSR count). The lowest BCUT2D eigenvalue weighted by molar-refractivity contribution is 0.157. The van der Waals surface area contributed by atoms with Gasteiger partial charge in [0.2, 0.25) is 0 Å². The van der Waals surface area contributed by atoms with Gasteiger partial charge < -0.3 is 5.11 Å². The first-order chi connectivity index (χ1) is 5.31. The highest BCUT2D eigenvalue weighted by molar-refractivity contribution is 4.76. The zero-order valence-corrected chi connectivity index (χ0v) is 7.71. The Kier molecular flexibility index (Phi) is 7.59. The molecule has 0 bridgehead atoms. The predicted octanol–water partition coefficient (Wildman–Crippen LogP) is 2.89. The van der Waals surface area contributed by atoms with Crippen molar-refractivity contribution in [2.75, 3.05) is 0 Å². The Labute approximate surface area is 70.1 Å². The third-order valence-electron chi connectivity index (χ3n) is 1.87. The van der Waals surface area contributed by atoms with Crippen molar-refractivity contribution in [3.63, 3.8) is 0 Å². The number of rotatable bonds is 6. The van der Waals surface area contributed by atoms with Crippen LogP contribution in [0.25, 0.3) is 0 Å². The molecule has 1 N–H and O–H groups in total. The van der Waals surface area contributed by atoms with Gasteiger partial charge in [-0.2, -0.15) is 0 Å². The average molecular weight is 156 g/mol. The zero-order valence-electron chi connectivity index (χ0n) is 7.71. The minimum Gasteiger partial charge on any atom is -0.393 e. The molecule has 0 aliphatic heterocycles. The lowest BCUT2D eigenvalue weighted by Gasteiger charge is -2.05. The maximum atomic E-state index is 9.20. The van der Waals surface area contributed by atoms with E-state index in [0.717, 1.165) is 25.7 Å². The summed E-state index contributed by atoms with van der Waals surface area (Å²) < 4.78 is 0. The van der Waals surface area contributed by atoms with E-state index < -0.39 is 0 Å². The van der Waals surface area contributed by atoms with Gasteiger partial charge >= 0.3 is 0 Å². The van der Waals surface area contributed by atoms with Crippen molar-refractivity contribution in [2.24, 2.45) is 0 Å². The van der Waals surface area contributed by atoms with Gasteiger partial charge in [0.05, 0.1) is 6.10 Å². The van der Waals surface area contributed by atoms with Crippen molar-refractivity contribution in [1.82, 2.24) is 0 Å². The van der Waals surface area contributed by atoms with Crippen LogP contribution in [0.3, 0.4) is 0 Å². The highest BCUT2D eigenvalue weighted by Crippen LogP contribution is 2.06. The summed E-state index contributed by atoms with van der Waals surface area (Å²) in [6, 6.07) is 0. The summed E-state index contributed by atoms with van der Waals surface area (Å²) in [7, 11) is 0. The fraction of sp³-hybridized carbons (Fsp3) is 0.800. The van der Waals surface area contributed by atoms with Crippen molar-refractivity contribution >= 4 is 0 Å². The van der Waals surface area contributed by atoms with E-state index in [9.17, 15) is 5.11 Å². The molecule has 0 aliphatic rings. The first-order valence-corrected chi connectivity index (χ1v) is 4.60. The molecule has 0 saturated heterocycles. The van der Waals surface area contributed by atoms with Crippen LogP contribution in [0.5, 0.6) is 0 Å². The predicted molar refractivity (Wildman–Crippen MR) is 49.6 cm³/mol. The van der Waals surface area contributed by atoms with Gasteiger partial charge in [-0.3, -0.25) is 0 Å². The first-order valence-electron chi connectivity index (χ1n) is 4.60. The number of hydrogen-bond acceptors (Lipinski definition) is 1. The Morgan fingerprint density at radius 3 is 2.64 bits per heavy atom. The molecule has 0 aliphatic carbocycles. The molecule has 0 fully saturated rings. The largest absolute Gasteiger partial charge is 0.393 e. The van der Waals surface area contributed by atoms with E-state index >= 15 is 0 Å². The number of hydrogen-bond donors (Lipinski definition) is 1. The quantitative estimate of drug-likeness (QED) is 0.463. The van der Waals surface area contributed by atoms with E-state index in [2.05, 4.69) is 12.2 Å². The van der Waals surface area contributed by atoms with Crippen LogP contribution in [-0.2, 0) is 0 Å². The Bertz CT molecular complexity index is 97.0. The standard InChI is InChI=1S/C10H20O/c1-3-5-6-7-8-9-10(11)4-2/h3,5,10-11H,4,6-9H2,1-2H3/b5-3+. The van der Waals surface area contributed by atoms with Crippen LogP contribution in [-0.4, -0.2) is 11.2 Å². The normalized spacial score (nSPS) is 14.1. The van der Waals surface area contributed by atoms with Crippen molar-refractivity contribution in [1.29, 1.82) is 0 Å². The number of aliphatic hydroxyl groups excluding tert-OH is 1. The molecule has 66 valence electrons. The summed E-state index contributed by atoms with van der Waals surface area (Å²) in [5.41, 5.74) is 0. The van der Waals surface area contributed by atoms with Crippen molar-refractivity contribution < 1.29 is 5.11 Å². The molecule has 1 heteroatoms. The average Bonchev–Trinajstić information content (AvgIpc) is 2.04. The van der Waals surface area contributed by atoms with E-state index in [1.54, 1.807) is 0 Å². The van der Waals surface area contributed by atoms with Crippen molar-refractivity contribution in [2.45, 2.75) is 52.1 Å². The SMILES string of the molecule is C/C=C/CCCCC(O)CC. The Morgan fingerprint density at radius 1 is 1.36 bits per heavy atom. The Morgan fingerprint density at radius 2 is 2.09 bits per heavy atom. The molecular weight excluding hydrogens is 136 g/mol. The van der Waals surface area contributed by atoms with E-state index in [-0.39, 0.29) is 6.10 Å². The highest BCUT2D eigenvalue weighted by atomic mass is 16.3. The van der Waals surface area contributed by atoms with E-state index in [1.165, 1.54) is 6.42 Å². The van der Waals surface area contributed by atoms with E-state index in [4.69, 9.17) is 0 Å². The van der Waals surface area contributed by atoms with Gasteiger partial charge in [-0.15, -0.1) is 0 Å². The van der Waals surface area contributed by atoms with Gasteiger partial charge in [0.1, 0.15) is 0 Å². The van der Waals surface area contributed by atoms with Gasteiger partial charge in [0.25, 0.3) is 0 Å². The zero-order chi connectivity index (χ0) is 8.53. The van der Waals surface area contributed by atoms with Crippen LogP contribution in [0, 0.1) is 0 Å². The molecule has 0 heterocycles. The van der Waals surface area contributed by atoms with Gasteiger partial charge in [-0.05, 0) is 32.6 Å². The van der Waals surface area contributed by atoms with Gasteiger partial charge in [-0.1, -0.05) is 25.5 Å². The van der Waals surface area contributed by atoms with Crippen LogP contribution < -0.4 is 0 Å². The number of allylic oxidation sites excluding steroid dienone is 2. The second kappa shape index (κ2) is 7.80. The second-order valence-electron chi connectivity index (χ2n) is 2.92. The van der Waals surface area contributed by atoms with Crippen LogP contribution in [0.2, 0.25) is 0 Å². The molecule has 0 aromatic rings. The maximum Gasteiger partial charge on any atom is 0.0537 e. The lowest BCUT2D eigenvalue weighted by Crippen LogP contribution is -2.02. The summed E-state index contributed by atoms with van der Waals surface area (Å²) in [5.74, 6) is 0. The minimum absolute atomic E-state index is 0.0689. The third kappa shape index (κ3) is 7.60. The Hall–Kier alpha value is -0.300. The topological polar surface area (TPSA) is 20.2 Å². The Balaban J connectivity index is 3.01. The molecule has 1 nitrogen and oxygen atoms in total. The van der Waals surface area contributed by atoms with Crippen LogP contribution in [0.15, 0.2) is 12.2 Å². The van der Waals surface area contributed by atoms with Crippen molar-refractivity contribution in [3.05, 3.63) is 12.2 Å². The maximum absolute atomic E-state index is 9.20. The third-order valence-corrected chi connectivity index (χ3v) is 1.87. The fourth-order valence-corrected chi connectivity index (χ4v) is 1.01. The molecule has 0 radical (unpaired) electrons. The molecule has 1 unspecified atom stereocenters. The van der Waals surface area contributed by atoms with Gasteiger partial charge in [-0.25, -0.2) is 0 Å². The lowest BCUT2D eigenvalue weighted by atomic mass is 10.1. The summed E-state index contributed by atoms with van der Waals surface area (Å²) in [4.78, 5) is 0. The molecule has 0 aromatic carbocycles. The van der Waals surface area contributed by atoms with E-state index in [0.29, 0.717) is 0 Å². The molecular formula is C10H20O. The first kappa shape index (κ1) is 10.7. The minimum atomic E-state index is -0.0689. The molecule has 0 spiro atoms. The van der Waals surface area contributed by atoms with Crippen LogP contribution in [0.4, 0.5) is 0 Å². The second-order valence-corrected chi connectivity index (χ2v) is 2.92. The fourth-order valence-electron chi connectivity index (χ4n) is 1.01. The monoisotopic (exact) mass is 156 g/mol. The summed E-state index contributed by atoms with van der Waals surface area (Å²) in [6.45, 7) is 4.07. The molecule has 11 heavy (non-hydrogen) atoms.